The zero-order valence-electron chi connectivity index (χ0n) is 26.7. The molecule has 0 saturated carbocycles. The quantitative estimate of drug-likeness (QED) is 0.121. The molecule has 0 fully saturated rings. The summed E-state index contributed by atoms with van der Waals surface area (Å²) in [7, 11) is -9.20. The molecule has 0 spiro atoms. The minimum atomic E-state index is -4.61. The van der Waals surface area contributed by atoms with E-state index in [4.69, 9.17) is 0 Å². The average Bonchev–Trinajstić information content (AvgIpc) is 3.29. The van der Waals surface area contributed by atoms with Gasteiger partial charge in [-0.2, -0.15) is 4.58 Å². The van der Waals surface area contributed by atoms with Crippen LogP contribution in [0.25, 0.3) is 0 Å². The fraction of sp³-hybridized carbons (Fsp3) is 0.412. The molecule has 242 valence electrons. The monoisotopic (exact) mass is 653 g/mol. The Kier molecular flexibility index (Phi) is 9.80. The Hall–Kier alpha value is -3.38. The molecule has 0 aromatic heterocycles. The lowest BCUT2D eigenvalue weighted by atomic mass is 9.81. The van der Waals surface area contributed by atoms with Gasteiger partial charge in [-0.1, -0.05) is 32.1 Å². The van der Waals surface area contributed by atoms with Gasteiger partial charge in [0.05, 0.1) is 15.2 Å². The standard InChI is InChI=1S/C34H42N2O7S2/c1-7-35-29-19-17-25(44(38,39)40)22-27(29)33(3,4)31(35)15-11-8-12-16-32-34(5,6)28-23-26(45(41,42)43)18-20-30(28)36(32)21-13-9-10-14-24(2)37/h8,11-12,15-20,22-23H,7,9-10,13-14,21H2,1-6H3,(H-,38,39,40,41,42,43)/p-1. The number of allylic oxidation sites excluding steroid dienone is 6. The van der Waals surface area contributed by atoms with Gasteiger partial charge >= 0.3 is 0 Å². The maximum atomic E-state index is 11.8. The molecule has 0 unspecified atom stereocenters. The van der Waals surface area contributed by atoms with Crippen molar-refractivity contribution in [3.8, 4) is 0 Å². The Morgan fingerprint density at radius 1 is 0.844 bits per heavy atom. The highest BCUT2D eigenvalue weighted by molar-refractivity contribution is 7.86. The van der Waals surface area contributed by atoms with Crippen LogP contribution in [0, 0.1) is 0 Å². The van der Waals surface area contributed by atoms with E-state index in [1.807, 2.05) is 65.0 Å². The second-order valence-electron chi connectivity index (χ2n) is 12.6. The third-order valence-electron chi connectivity index (χ3n) is 8.76. The Morgan fingerprint density at radius 2 is 1.47 bits per heavy atom. The first kappa shape index (κ1) is 34.5. The van der Waals surface area contributed by atoms with Gasteiger partial charge in [0.15, 0.2) is 5.71 Å². The number of benzene rings is 2. The third kappa shape index (κ3) is 7.06. The molecule has 2 heterocycles. The van der Waals surface area contributed by atoms with Crippen LogP contribution in [-0.2, 0) is 35.9 Å². The van der Waals surface area contributed by atoms with Crippen LogP contribution in [-0.4, -0.2) is 55.1 Å². The number of carbonyl (C=O) groups is 1. The van der Waals surface area contributed by atoms with Gasteiger partial charge in [0.1, 0.15) is 32.6 Å². The van der Waals surface area contributed by atoms with Crippen molar-refractivity contribution in [2.24, 2.45) is 0 Å². The fourth-order valence-corrected chi connectivity index (χ4v) is 7.37. The molecule has 9 nitrogen and oxygen atoms in total. The molecule has 2 aromatic carbocycles. The highest BCUT2D eigenvalue weighted by Gasteiger charge is 2.44. The Morgan fingerprint density at radius 3 is 2.07 bits per heavy atom. The van der Waals surface area contributed by atoms with Gasteiger partial charge in [-0.3, -0.25) is 0 Å². The summed E-state index contributed by atoms with van der Waals surface area (Å²) in [4.78, 5) is 13.0. The summed E-state index contributed by atoms with van der Waals surface area (Å²) < 4.78 is 72.6. The number of nitrogens with zero attached hydrogens (tertiary/aromatic N) is 2. The van der Waals surface area contributed by atoms with Gasteiger partial charge in [-0.15, -0.1) is 0 Å². The molecular weight excluding hydrogens is 613 g/mol. The smallest absolute Gasteiger partial charge is 0.209 e. The van der Waals surface area contributed by atoms with Crippen LogP contribution in [0.3, 0.4) is 0 Å². The zero-order chi connectivity index (χ0) is 33.4. The molecule has 2 aliphatic rings. The number of hydrogen-bond donors (Lipinski definition) is 0. The molecule has 2 aliphatic heterocycles. The summed E-state index contributed by atoms with van der Waals surface area (Å²) in [5.74, 6) is 0.165. The number of Topliss-reactive ketones (excluding diaryl/α,β-unsaturated/α-hetero) is 1. The molecule has 0 N–H and O–H groups in total. The minimum absolute atomic E-state index is 0.165. The fourth-order valence-electron chi connectivity index (χ4n) is 6.38. The van der Waals surface area contributed by atoms with E-state index in [2.05, 4.69) is 9.48 Å². The second kappa shape index (κ2) is 12.8. The minimum Gasteiger partial charge on any atom is -0.744 e. The van der Waals surface area contributed by atoms with E-state index >= 15 is 0 Å². The maximum Gasteiger partial charge on any atom is 0.209 e. The van der Waals surface area contributed by atoms with Crippen molar-refractivity contribution in [1.82, 2.24) is 0 Å². The van der Waals surface area contributed by atoms with Crippen molar-refractivity contribution >= 4 is 43.1 Å². The van der Waals surface area contributed by atoms with Crippen molar-refractivity contribution in [2.45, 2.75) is 87.8 Å². The van der Waals surface area contributed by atoms with Crippen LogP contribution in [0.2, 0.25) is 0 Å². The van der Waals surface area contributed by atoms with Crippen LogP contribution in [0.15, 0.2) is 82.3 Å². The van der Waals surface area contributed by atoms with Crippen LogP contribution in [0.5, 0.6) is 0 Å². The summed E-state index contributed by atoms with van der Waals surface area (Å²) in [6.45, 7) is 12.9. The first-order chi connectivity index (χ1) is 20.9. The number of ketones is 1. The summed E-state index contributed by atoms with van der Waals surface area (Å²) in [5.41, 5.74) is 4.06. The Balaban J connectivity index is 1.65. The van der Waals surface area contributed by atoms with E-state index in [1.165, 1.54) is 24.3 Å². The van der Waals surface area contributed by atoms with Gasteiger partial charge < -0.3 is 18.8 Å². The predicted octanol–water partition coefficient (Wildman–Crippen LogP) is 5.83. The molecule has 0 bridgehead atoms. The topological polar surface area (TPSA) is 138 Å². The molecule has 2 aromatic rings. The van der Waals surface area contributed by atoms with Gasteiger partial charge in [0, 0.05) is 53.9 Å². The van der Waals surface area contributed by atoms with Crippen molar-refractivity contribution in [2.75, 3.05) is 18.0 Å². The van der Waals surface area contributed by atoms with Gasteiger partial charge in [-0.25, -0.2) is 16.8 Å². The highest BCUT2D eigenvalue weighted by Crippen LogP contribution is 2.48. The lowest BCUT2D eigenvalue weighted by Crippen LogP contribution is -2.28. The number of likely N-dealkylation sites (N-methyl/N-ethyl adjacent to an activating group) is 1. The lowest BCUT2D eigenvalue weighted by Gasteiger charge is -2.25. The van der Waals surface area contributed by atoms with E-state index in [0.717, 1.165) is 53.2 Å². The molecular formula is C34H41N2O7S2-. The van der Waals surface area contributed by atoms with E-state index in [0.29, 0.717) is 19.5 Å². The largest absolute Gasteiger partial charge is 0.744 e. The van der Waals surface area contributed by atoms with E-state index in [1.54, 1.807) is 19.1 Å². The molecule has 0 aliphatic carbocycles. The molecule has 0 atom stereocenters. The van der Waals surface area contributed by atoms with E-state index in [-0.39, 0.29) is 15.6 Å². The summed E-state index contributed by atoms with van der Waals surface area (Å²) in [5, 5.41) is 0. The molecule has 11 heteroatoms. The zero-order valence-corrected chi connectivity index (χ0v) is 28.3. The Labute approximate surface area is 267 Å². The lowest BCUT2D eigenvalue weighted by molar-refractivity contribution is -0.438. The third-order valence-corrected chi connectivity index (χ3v) is 10.4. The Bertz CT molecular complexity index is 1850. The normalized spacial score (nSPS) is 18.4. The van der Waals surface area contributed by atoms with E-state index in [9.17, 15) is 30.7 Å². The maximum absolute atomic E-state index is 11.8. The molecule has 0 radical (unpaired) electrons. The molecule has 0 saturated heterocycles. The predicted molar refractivity (Wildman–Crippen MR) is 173 cm³/mol. The van der Waals surface area contributed by atoms with Crippen molar-refractivity contribution in [1.29, 1.82) is 0 Å². The molecule has 4 rings (SSSR count). The summed E-state index contributed by atoms with van der Waals surface area (Å²) >= 11 is 0. The molecule has 0 amide bonds. The van der Waals surface area contributed by atoms with Crippen LogP contribution >= 0.6 is 0 Å². The second-order valence-corrected chi connectivity index (χ2v) is 15.4. The van der Waals surface area contributed by atoms with E-state index < -0.39 is 31.1 Å². The number of carbonyl (C=O) groups excluding carboxylic acids is 1. The molecule has 45 heavy (non-hydrogen) atoms. The number of unbranched alkanes of at least 4 members (excludes halogenated alkanes) is 2. The first-order valence-corrected chi connectivity index (χ1v) is 17.9. The average molecular weight is 654 g/mol. The van der Waals surface area contributed by atoms with Crippen LogP contribution < -0.4 is 4.90 Å². The number of anilines is 1. The van der Waals surface area contributed by atoms with Crippen molar-refractivity contribution in [3.05, 3.63) is 83.6 Å². The number of hydrogen-bond acceptors (Lipinski definition) is 8. The summed E-state index contributed by atoms with van der Waals surface area (Å²) in [6, 6.07) is 9.04. The number of fused-ring (bicyclic) bond motifs is 2. The summed E-state index contributed by atoms with van der Waals surface area (Å²) in [6.07, 6.45) is 12.8. The SMILES string of the molecule is CCN1C(=CC=CC=CC2=[N+](CCCCCC(C)=O)c3ccc(S(=O)(=O)[O-])cc3C2(C)C)C(C)(C)c2cc(S(=O)(=O)[O-])ccc21. The van der Waals surface area contributed by atoms with Crippen LogP contribution in [0.4, 0.5) is 11.4 Å². The van der Waals surface area contributed by atoms with Crippen LogP contribution in [0.1, 0.15) is 78.4 Å². The van der Waals surface area contributed by atoms with Gasteiger partial charge in [0.25, 0.3) is 0 Å². The highest BCUT2D eigenvalue weighted by atomic mass is 32.2. The first-order valence-electron chi connectivity index (χ1n) is 15.1. The van der Waals surface area contributed by atoms with Gasteiger partial charge in [-0.05, 0) is 82.5 Å². The van der Waals surface area contributed by atoms with Crippen molar-refractivity contribution < 1.29 is 35.3 Å². The van der Waals surface area contributed by atoms with Gasteiger partial charge in [0.2, 0.25) is 5.69 Å². The number of rotatable bonds is 12. The van der Waals surface area contributed by atoms with Crippen molar-refractivity contribution in [3.63, 3.8) is 0 Å².